The van der Waals surface area contributed by atoms with Crippen molar-refractivity contribution in [3.8, 4) is 0 Å². The molecule has 1 aliphatic carbocycles. The summed E-state index contributed by atoms with van der Waals surface area (Å²) in [4.78, 5) is 21.7. The molecule has 0 bridgehead atoms. The lowest BCUT2D eigenvalue weighted by Crippen LogP contribution is -2.33. The third kappa shape index (κ3) is 2.46. The molecule has 0 aromatic rings. The second-order valence-electron chi connectivity index (χ2n) is 4.80. The molecule has 16 heavy (non-hydrogen) atoms. The maximum atomic E-state index is 11.1. The monoisotopic (exact) mass is 225 g/mol. The van der Waals surface area contributed by atoms with Gasteiger partial charge in [0, 0.05) is 6.42 Å². The number of nitrogens with two attached hydrogens (primary N) is 1. The van der Waals surface area contributed by atoms with Crippen LogP contribution >= 0.6 is 0 Å². The predicted molar refractivity (Wildman–Crippen MR) is 59.6 cm³/mol. The Kier molecular flexibility index (Phi) is 3.31. The van der Waals surface area contributed by atoms with E-state index >= 15 is 0 Å². The van der Waals surface area contributed by atoms with Crippen LogP contribution in [0.2, 0.25) is 0 Å². The van der Waals surface area contributed by atoms with E-state index in [1.54, 1.807) is 0 Å². The van der Waals surface area contributed by atoms with Crippen LogP contribution < -0.4 is 16.4 Å². The average molecular weight is 225 g/mol. The van der Waals surface area contributed by atoms with Gasteiger partial charge in [-0.1, -0.05) is 6.42 Å². The highest BCUT2D eigenvalue weighted by molar-refractivity contribution is 5.77. The molecule has 1 saturated carbocycles. The third-order valence-corrected chi connectivity index (χ3v) is 3.65. The van der Waals surface area contributed by atoms with Crippen molar-refractivity contribution >= 4 is 11.9 Å². The minimum Gasteiger partial charge on any atom is -0.370 e. The van der Waals surface area contributed by atoms with Crippen molar-refractivity contribution in [1.82, 2.24) is 10.6 Å². The molecule has 1 heterocycles. The number of hydrogen-bond donors (Lipinski definition) is 3. The summed E-state index contributed by atoms with van der Waals surface area (Å²) in [7, 11) is 0. The lowest BCUT2D eigenvalue weighted by molar-refractivity contribution is -0.118. The van der Waals surface area contributed by atoms with Gasteiger partial charge in [-0.2, -0.15) is 0 Å². The fraction of sp³-hybridized carbons (Fsp3) is 0.818. The highest BCUT2D eigenvalue weighted by Crippen LogP contribution is 2.32. The van der Waals surface area contributed by atoms with E-state index in [2.05, 4.69) is 10.6 Å². The molecule has 0 radical (unpaired) electrons. The highest BCUT2D eigenvalue weighted by atomic mass is 16.2. The summed E-state index contributed by atoms with van der Waals surface area (Å²) in [5, 5.41) is 5.90. The minimum atomic E-state index is -0.222. The molecule has 4 N–H and O–H groups in total. The molecule has 0 unspecified atom stereocenters. The topological polar surface area (TPSA) is 84.2 Å². The van der Waals surface area contributed by atoms with Crippen molar-refractivity contribution in [2.24, 2.45) is 11.7 Å². The molecule has 90 valence electrons. The second kappa shape index (κ2) is 4.72. The van der Waals surface area contributed by atoms with Crippen LogP contribution in [-0.4, -0.2) is 24.0 Å². The first kappa shape index (κ1) is 11.2. The molecule has 3 amide bonds. The summed E-state index contributed by atoms with van der Waals surface area (Å²) in [5.74, 6) is 0.344. The van der Waals surface area contributed by atoms with Crippen LogP contribution in [0.5, 0.6) is 0 Å². The maximum absolute atomic E-state index is 11.1. The van der Waals surface area contributed by atoms with E-state index in [4.69, 9.17) is 5.73 Å². The number of urea groups is 1. The number of rotatable bonds is 5. The molecule has 1 aliphatic heterocycles. The van der Waals surface area contributed by atoms with Crippen LogP contribution in [0.4, 0.5) is 4.79 Å². The number of amides is 3. The van der Waals surface area contributed by atoms with Crippen molar-refractivity contribution in [2.75, 3.05) is 0 Å². The molecule has 2 aliphatic rings. The first-order valence-electron chi connectivity index (χ1n) is 6.02. The first-order valence-corrected chi connectivity index (χ1v) is 6.02. The van der Waals surface area contributed by atoms with Crippen LogP contribution in [0.15, 0.2) is 0 Å². The Morgan fingerprint density at radius 3 is 2.88 bits per heavy atom. The summed E-state index contributed by atoms with van der Waals surface area (Å²) in [6, 6.07) is 0.603. The molecule has 3 atom stereocenters. The van der Waals surface area contributed by atoms with Crippen LogP contribution in [0.25, 0.3) is 0 Å². The van der Waals surface area contributed by atoms with Crippen LogP contribution in [0.3, 0.4) is 0 Å². The van der Waals surface area contributed by atoms with Gasteiger partial charge in [-0.3, -0.25) is 4.79 Å². The standard InChI is InChI=1S/C11H19N3O2/c12-9(15)4-2-1-3-7-5-6-8-10(7)14-11(16)13-8/h7-8,10H,1-6H2,(H2,12,15)(H2,13,14,16)/t7-,8+,10-/m0/s1. The van der Waals surface area contributed by atoms with Crippen molar-refractivity contribution in [3.05, 3.63) is 0 Å². The summed E-state index contributed by atoms with van der Waals surface area (Å²) >= 11 is 0. The second-order valence-corrected chi connectivity index (χ2v) is 4.80. The first-order chi connectivity index (χ1) is 7.66. The van der Waals surface area contributed by atoms with Gasteiger partial charge in [-0.25, -0.2) is 4.79 Å². The predicted octanol–water partition coefficient (Wildman–Crippen LogP) is 0.492. The van der Waals surface area contributed by atoms with Gasteiger partial charge in [-0.15, -0.1) is 0 Å². The largest absolute Gasteiger partial charge is 0.370 e. The van der Waals surface area contributed by atoms with Gasteiger partial charge in [0.2, 0.25) is 5.91 Å². The van der Waals surface area contributed by atoms with Gasteiger partial charge in [0.25, 0.3) is 0 Å². The van der Waals surface area contributed by atoms with E-state index in [1.807, 2.05) is 0 Å². The van der Waals surface area contributed by atoms with Crippen molar-refractivity contribution in [2.45, 2.75) is 50.6 Å². The van der Waals surface area contributed by atoms with Crippen molar-refractivity contribution in [1.29, 1.82) is 0 Å². The van der Waals surface area contributed by atoms with Gasteiger partial charge in [0.15, 0.2) is 0 Å². The number of primary amides is 1. The number of hydrogen-bond acceptors (Lipinski definition) is 2. The Bertz CT molecular complexity index is 293. The fourth-order valence-corrected chi connectivity index (χ4v) is 2.85. The van der Waals surface area contributed by atoms with Gasteiger partial charge < -0.3 is 16.4 Å². The van der Waals surface area contributed by atoms with Gasteiger partial charge in [0.05, 0.1) is 12.1 Å². The van der Waals surface area contributed by atoms with Crippen LogP contribution in [0.1, 0.15) is 38.5 Å². The molecule has 1 saturated heterocycles. The zero-order chi connectivity index (χ0) is 11.5. The summed E-state index contributed by atoms with van der Waals surface area (Å²) in [6.07, 6.45) is 5.68. The lowest BCUT2D eigenvalue weighted by atomic mass is 9.96. The van der Waals surface area contributed by atoms with Gasteiger partial charge in [0.1, 0.15) is 0 Å². The Hall–Kier alpha value is -1.26. The van der Waals surface area contributed by atoms with Gasteiger partial charge >= 0.3 is 6.03 Å². The Morgan fingerprint density at radius 2 is 2.12 bits per heavy atom. The lowest BCUT2D eigenvalue weighted by Gasteiger charge is -2.17. The molecule has 0 spiro atoms. The Morgan fingerprint density at radius 1 is 1.31 bits per heavy atom. The number of nitrogens with one attached hydrogen (secondary N) is 2. The van der Waals surface area contributed by atoms with E-state index < -0.39 is 0 Å². The quantitative estimate of drug-likeness (QED) is 0.595. The number of unbranched alkanes of at least 4 members (excludes halogenated alkanes) is 1. The van der Waals surface area contributed by atoms with E-state index in [0.717, 1.165) is 25.7 Å². The highest BCUT2D eigenvalue weighted by Gasteiger charge is 2.41. The third-order valence-electron chi connectivity index (χ3n) is 3.65. The zero-order valence-corrected chi connectivity index (χ0v) is 9.37. The maximum Gasteiger partial charge on any atom is 0.315 e. The molecule has 2 fully saturated rings. The SMILES string of the molecule is NC(=O)CCCC[C@H]1CC[C@H]2NC(=O)N[C@@H]12. The Labute approximate surface area is 95.1 Å². The molecule has 0 aromatic carbocycles. The smallest absolute Gasteiger partial charge is 0.315 e. The number of carbonyl (C=O) groups excluding carboxylic acids is 2. The van der Waals surface area contributed by atoms with Gasteiger partial charge in [-0.05, 0) is 31.6 Å². The van der Waals surface area contributed by atoms with E-state index in [-0.39, 0.29) is 11.9 Å². The van der Waals surface area contributed by atoms with E-state index in [0.29, 0.717) is 24.4 Å². The Balaban J connectivity index is 1.70. The summed E-state index contributed by atoms with van der Waals surface area (Å²) in [5.41, 5.74) is 5.08. The normalized spacial score (nSPS) is 32.0. The van der Waals surface area contributed by atoms with Crippen LogP contribution in [0, 0.1) is 5.92 Å². The molecule has 5 nitrogen and oxygen atoms in total. The average Bonchev–Trinajstić information content (AvgIpc) is 2.72. The minimum absolute atomic E-state index is 0.0307. The molecular formula is C11H19N3O2. The summed E-state index contributed by atoms with van der Waals surface area (Å²) < 4.78 is 0. The van der Waals surface area contributed by atoms with E-state index in [9.17, 15) is 9.59 Å². The molecule has 2 rings (SSSR count). The van der Waals surface area contributed by atoms with Crippen molar-refractivity contribution in [3.63, 3.8) is 0 Å². The number of carbonyl (C=O) groups is 2. The molecule has 5 heteroatoms. The zero-order valence-electron chi connectivity index (χ0n) is 9.37. The van der Waals surface area contributed by atoms with E-state index in [1.165, 1.54) is 6.42 Å². The number of fused-ring (bicyclic) bond motifs is 1. The van der Waals surface area contributed by atoms with Crippen LogP contribution in [-0.2, 0) is 4.79 Å². The summed E-state index contributed by atoms with van der Waals surface area (Å²) in [6.45, 7) is 0. The molecule has 0 aromatic heterocycles. The molecular weight excluding hydrogens is 206 g/mol. The fourth-order valence-electron chi connectivity index (χ4n) is 2.85. The van der Waals surface area contributed by atoms with Crippen molar-refractivity contribution < 1.29 is 9.59 Å².